The molecule has 0 aliphatic heterocycles. The number of halogens is 1. The van der Waals surface area contributed by atoms with E-state index >= 15 is 0 Å². The summed E-state index contributed by atoms with van der Waals surface area (Å²) < 4.78 is 11.7. The number of hydrogen-bond donors (Lipinski definition) is 1. The lowest BCUT2D eigenvalue weighted by Crippen LogP contribution is -2.16. The van der Waals surface area contributed by atoms with Crippen molar-refractivity contribution >= 4 is 27.3 Å². The average Bonchev–Trinajstić information content (AvgIpc) is 3.14. The average molecular weight is 433 g/mol. The fourth-order valence-electron chi connectivity index (χ4n) is 2.60. The molecule has 0 amide bonds. The van der Waals surface area contributed by atoms with E-state index < -0.39 is 0 Å². The first-order chi connectivity index (χ1) is 12.7. The Morgan fingerprint density at radius 1 is 1.04 bits per heavy atom. The van der Waals surface area contributed by atoms with Crippen LogP contribution >= 0.6 is 27.3 Å². The molecule has 0 radical (unpaired) electrons. The second kappa shape index (κ2) is 9.16. The Kier molecular flexibility index (Phi) is 6.66. The lowest BCUT2D eigenvalue weighted by atomic mass is 10.1. The van der Waals surface area contributed by atoms with Gasteiger partial charge in [-0.1, -0.05) is 34.1 Å². The van der Waals surface area contributed by atoms with Crippen molar-refractivity contribution in [2.24, 2.45) is 0 Å². The van der Waals surface area contributed by atoms with E-state index in [2.05, 4.69) is 56.6 Å². The lowest BCUT2D eigenvalue weighted by Gasteiger charge is -2.09. The van der Waals surface area contributed by atoms with E-state index in [0.29, 0.717) is 0 Å². The van der Waals surface area contributed by atoms with Gasteiger partial charge in [0.05, 0.1) is 19.1 Å². The highest BCUT2D eigenvalue weighted by atomic mass is 79.9. The molecule has 0 aliphatic rings. The van der Waals surface area contributed by atoms with Gasteiger partial charge in [-0.15, -0.1) is 11.3 Å². The summed E-state index contributed by atoms with van der Waals surface area (Å²) in [6.07, 6.45) is 2.87. The van der Waals surface area contributed by atoms with E-state index in [4.69, 9.17) is 9.47 Å². The maximum absolute atomic E-state index is 5.35. The van der Waals surface area contributed by atoms with Gasteiger partial charge in [-0.3, -0.25) is 0 Å². The number of thiazole rings is 1. The summed E-state index contributed by atoms with van der Waals surface area (Å²) in [5, 5.41) is 4.55. The van der Waals surface area contributed by atoms with Crippen molar-refractivity contribution in [3.8, 4) is 21.9 Å². The van der Waals surface area contributed by atoms with Crippen molar-refractivity contribution in [3.05, 3.63) is 63.7 Å². The van der Waals surface area contributed by atoms with Crippen molar-refractivity contribution in [1.29, 1.82) is 0 Å². The fraction of sp³-hybridized carbons (Fsp3) is 0.250. The maximum Gasteiger partial charge on any atom is 0.160 e. The molecule has 3 aromatic rings. The molecule has 1 heterocycles. The summed E-state index contributed by atoms with van der Waals surface area (Å²) in [5.41, 5.74) is 2.41. The zero-order valence-corrected chi connectivity index (χ0v) is 17.2. The third-order valence-corrected chi connectivity index (χ3v) is 5.57. The number of ether oxygens (including phenoxy) is 2. The van der Waals surface area contributed by atoms with Crippen LogP contribution in [-0.2, 0) is 13.0 Å². The molecule has 1 N–H and O–H groups in total. The van der Waals surface area contributed by atoms with Crippen LogP contribution in [0.3, 0.4) is 0 Å². The fourth-order valence-corrected chi connectivity index (χ4v) is 3.76. The second-order valence-corrected chi connectivity index (χ2v) is 7.77. The number of aromatic nitrogens is 1. The summed E-state index contributed by atoms with van der Waals surface area (Å²) in [5.74, 6) is 1.52. The van der Waals surface area contributed by atoms with Gasteiger partial charge in [0.1, 0.15) is 5.01 Å². The molecule has 0 aliphatic carbocycles. The number of benzene rings is 2. The van der Waals surface area contributed by atoms with Crippen molar-refractivity contribution in [2.75, 3.05) is 20.8 Å². The first-order valence-corrected chi connectivity index (χ1v) is 9.93. The molecular weight excluding hydrogens is 412 g/mol. The Morgan fingerprint density at radius 2 is 1.81 bits per heavy atom. The van der Waals surface area contributed by atoms with Gasteiger partial charge in [0.25, 0.3) is 0 Å². The molecule has 0 fully saturated rings. The molecule has 26 heavy (non-hydrogen) atoms. The molecule has 2 aromatic carbocycles. The van der Waals surface area contributed by atoms with Gasteiger partial charge in [-0.2, -0.15) is 0 Å². The molecule has 4 nitrogen and oxygen atoms in total. The van der Waals surface area contributed by atoms with E-state index in [0.717, 1.165) is 40.5 Å². The predicted octanol–water partition coefficient (Wildman–Crippen LogP) is 4.92. The van der Waals surface area contributed by atoms with Crippen LogP contribution in [0.2, 0.25) is 0 Å². The number of nitrogens with one attached hydrogen (secondary N) is 1. The Balaban J connectivity index is 1.50. The van der Waals surface area contributed by atoms with Crippen LogP contribution in [0.15, 0.2) is 53.1 Å². The Labute approximate surface area is 166 Å². The normalized spacial score (nSPS) is 10.7. The molecule has 0 saturated carbocycles. The van der Waals surface area contributed by atoms with E-state index in [1.54, 1.807) is 25.6 Å². The standard InChI is InChI=1S/C20H21BrN2O2S/c1-24-17-8-3-14(11-18(17)25-2)9-10-22-13-20-23-12-19(26-20)15-4-6-16(21)7-5-15/h3-8,11-12,22H,9-10,13H2,1-2H3. The molecule has 1 aromatic heterocycles. The first kappa shape index (κ1) is 18.9. The molecule has 0 saturated heterocycles. The molecule has 0 spiro atoms. The summed E-state index contributed by atoms with van der Waals surface area (Å²) in [6, 6.07) is 14.3. The number of rotatable bonds is 8. The molecule has 0 atom stereocenters. The number of hydrogen-bond acceptors (Lipinski definition) is 5. The molecule has 0 unspecified atom stereocenters. The minimum absolute atomic E-state index is 0.757. The number of nitrogens with zero attached hydrogens (tertiary/aromatic N) is 1. The van der Waals surface area contributed by atoms with Crippen LogP contribution in [0.1, 0.15) is 10.6 Å². The van der Waals surface area contributed by atoms with Crippen LogP contribution < -0.4 is 14.8 Å². The summed E-state index contributed by atoms with van der Waals surface area (Å²) >= 11 is 5.19. The van der Waals surface area contributed by atoms with Gasteiger partial charge in [0.15, 0.2) is 11.5 Å². The molecule has 0 bridgehead atoms. The predicted molar refractivity (Wildman–Crippen MR) is 110 cm³/mol. The van der Waals surface area contributed by atoms with Gasteiger partial charge in [0, 0.05) is 17.2 Å². The quantitative estimate of drug-likeness (QED) is 0.512. The van der Waals surface area contributed by atoms with E-state index in [1.165, 1.54) is 16.0 Å². The third-order valence-electron chi connectivity index (χ3n) is 4.00. The van der Waals surface area contributed by atoms with Crippen LogP contribution in [0, 0.1) is 0 Å². The molecule has 3 rings (SSSR count). The topological polar surface area (TPSA) is 43.4 Å². The zero-order chi connectivity index (χ0) is 18.4. The Bertz CT molecular complexity index is 849. The molecule has 6 heteroatoms. The molecule has 136 valence electrons. The summed E-state index contributed by atoms with van der Waals surface area (Å²) in [4.78, 5) is 5.71. The maximum atomic E-state index is 5.35. The van der Waals surface area contributed by atoms with Crippen molar-refractivity contribution in [1.82, 2.24) is 10.3 Å². The zero-order valence-electron chi connectivity index (χ0n) is 14.8. The van der Waals surface area contributed by atoms with Crippen LogP contribution in [-0.4, -0.2) is 25.7 Å². The smallest absolute Gasteiger partial charge is 0.160 e. The van der Waals surface area contributed by atoms with Gasteiger partial charge >= 0.3 is 0 Å². The Morgan fingerprint density at radius 3 is 2.54 bits per heavy atom. The first-order valence-electron chi connectivity index (χ1n) is 8.32. The monoisotopic (exact) mass is 432 g/mol. The van der Waals surface area contributed by atoms with Crippen molar-refractivity contribution in [3.63, 3.8) is 0 Å². The highest BCUT2D eigenvalue weighted by Crippen LogP contribution is 2.28. The van der Waals surface area contributed by atoms with Crippen molar-refractivity contribution in [2.45, 2.75) is 13.0 Å². The minimum Gasteiger partial charge on any atom is -0.493 e. The van der Waals surface area contributed by atoms with E-state index in [1.807, 2.05) is 18.3 Å². The number of methoxy groups -OCH3 is 2. The van der Waals surface area contributed by atoms with Gasteiger partial charge < -0.3 is 14.8 Å². The highest BCUT2D eigenvalue weighted by molar-refractivity contribution is 9.10. The van der Waals surface area contributed by atoms with Crippen LogP contribution in [0.5, 0.6) is 11.5 Å². The van der Waals surface area contributed by atoms with Gasteiger partial charge in [-0.25, -0.2) is 4.98 Å². The van der Waals surface area contributed by atoms with Crippen LogP contribution in [0.25, 0.3) is 10.4 Å². The van der Waals surface area contributed by atoms with Gasteiger partial charge in [-0.05, 0) is 48.4 Å². The van der Waals surface area contributed by atoms with Crippen LogP contribution in [0.4, 0.5) is 0 Å². The van der Waals surface area contributed by atoms with Gasteiger partial charge in [0.2, 0.25) is 0 Å². The highest BCUT2D eigenvalue weighted by Gasteiger charge is 2.06. The van der Waals surface area contributed by atoms with E-state index in [-0.39, 0.29) is 0 Å². The lowest BCUT2D eigenvalue weighted by molar-refractivity contribution is 0.354. The third kappa shape index (κ3) is 4.84. The minimum atomic E-state index is 0.757. The second-order valence-electron chi connectivity index (χ2n) is 5.74. The summed E-state index contributed by atoms with van der Waals surface area (Å²) in [7, 11) is 3.31. The van der Waals surface area contributed by atoms with E-state index in [9.17, 15) is 0 Å². The Hall–Kier alpha value is -1.89. The SMILES string of the molecule is COc1ccc(CCNCc2ncc(-c3ccc(Br)cc3)s2)cc1OC. The summed E-state index contributed by atoms with van der Waals surface area (Å²) in [6.45, 7) is 1.65. The molecular formula is C20H21BrN2O2S. The largest absolute Gasteiger partial charge is 0.493 e. The van der Waals surface area contributed by atoms with Crippen molar-refractivity contribution < 1.29 is 9.47 Å².